The van der Waals surface area contributed by atoms with Crippen LogP contribution in [-0.2, 0) is 18.9 Å². The van der Waals surface area contributed by atoms with Crippen LogP contribution >= 0.6 is 0 Å². The standard InChI is InChI=1S/C20H28N4O3/c1-20(2,3)19(27)21-13-11-15-16(23(5)18(26)17(25)22(15)4)12-14(13)24-9-7-6-8-10-24/h11-12H,6-10H2,1-5H3,(H,21,27). The molecule has 3 rings (SSSR count). The van der Waals surface area contributed by atoms with E-state index in [1.54, 1.807) is 14.1 Å². The molecule has 27 heavy (non-hydrogen) atoms. The van der Waals surface area contributed by atoms with Gasteiger partial charge in [-0.2, -0.15) is 0 Å². The average molecular weight is 372 g/mol. The molecule has 1 saturated heterocycles. The van der Waals surface area contributed by atoms with Crippen LogP contribution in [0.4, 0.5) is 11.4 Å². The van der Waals surface area contributed by atoms with Crippen LogP contribution in [0.2, 0.25) is 0 Å². The summed E-state index contributed by atoms with van der Waals surface area (Å²) in [7, 11) is 3.20. The number of rotatable bonds is 2. The van der Waals surface area contributed by atoms with Crippen molar-refractivity contribution in [3.05, 3.63) is 32.8 Å². The number of hydrogen-bond acceptors (Lipinski definition) is 4. The maximum Gasteiger partial charge on any atom is 0.316 e. The van der Waals surface area contributed by atoms with Crippen molar-refractivity contribution in [2.24, 2.45) is 19.5 Å². The first kappa shape index (κ1) is 19.2. The third-order valence-corrected chi connectivity index (χ3v) is 5.23. The van der Waals surface area contributed by atoms with Crippen LogP contribution in [0.15, 0.2) is 21.7 Å². The maximum atomic E-state index is 12.6. The zero-order chi connectivity index (χ0) is 19.9. The Morgan fingerprint density at radius 3 is 1.96 bits per heavy atom. The Morgan fingerprint density at radius 2 is 1.44 bits per heavy atom. The van der Waals surface area contributed by atoms with Gasteiger partial charge in [0.05, 0.1) is 22.4 Å². The van der Waals surface area contributed by atoms with Crippen LogP contribution in [0.1, 0.15) is 40.0 Å². The van der Waals surface area contributed by atoms with E-state index in [4.69, 9.17) is 0 Å². The second kappa shape index (κ2) is 6.87. The smallest absolute Gasteiger partial charge is 0.316 e. The van der Waals surface area contributed by atoms with Gasteiger partial charge in [-0.25, -0.2) is 0 Å². The highest BCUT2D eigenvalue weighted by molar-refractivity contribution is 6.00. The molecule has 7 nitrogen and oxygen atoms in total. The van der Waals surface area contributed by atoms with Gasteiger partial charge in [-0.15, -0.1) is 0 Å². The molecule has 2 heterocycles. The van der Waals surface area contributed by atoms with Gasteiger partial charge >= 0.3 is 11.1 Å². The normalized spacial score (nSPS) is 15.2. The number of anilines is 2. The summed E-state index contributed by atoms with van der Waals surface area (Å²) in [5.41, 5.74) is 1.20. The summed E-state index contributed by atoms with van der Waals surface area (Å²) < 4.78 is 2.74. The Balaban J connectivity index is 2.25. The predicted molar refractivity (Wildman–Crippen MR) is 109 cm³/mol. The van der Waals surface area contributed by atoms with E-state index in [1.807, 2.05) is 32.9 Å². The number of piperidine rings is 1. The Bertz CT molecular complexity index is 1010. The molecule has 1 N–H and O–H groups in total. The van der Waals surface area contributed by atoms with Crippen LogP contribution in [0.5, 0.6) is 0 Å². The quantitative estimate of drug-likeness (QED) is 0.820. The lowest BCUT2D eigenvalue weighted by atomic mass is 9.95. The topological polar surface area (TPSA) is 76.3 Å². The summed E-state index contributed by atoms with van der Waals surface area (Å²) in [4.78, 5) is 39.3. The number of amides is 1. The maximum absolute atomic E-state index is 12.6. The second-order valence-electron chi connectivity index (χ2n) is 8.34. The first-order valence-corrected chi connectivity index (χ1v) is 9.41. The van der Waals surface area contributed by atoms with Gasteiger partial charge in [-0.05, 0) is 31.4 Å². The summed E-state index contributed by atoms with van der Waals surface area (Å²) in [6.07, 6.45) is 3.38. The predicted octanol–water partition coefficient (Wildman–Crippen LogP) is 2.21. The molecule has 1 aromatic heterocycles. The number of fused-ring (bicyclic) bond motifs is 1. The molecular weight excluding hydrogens is 344 g/mol. The van der Waals surface area contributed by atoms with Gasteiger partial charge in [0.2, 0.25) is 5.91 Å². The first-order valence-electron chi connectivity index (χ1n) is 9.41. The highest BCUT2D eigenvalue weighted by Crippen LogP contribution is 2.33. The zero-order valence-electron chi connectivity index (χ0n) is 16.8. The fourth-order valence-corrected chi connectivity index (χ4v) is 3.42. The van der Waals surface area contributed by atoms with E-state index in [-0.39, 0.29) is 5.91 Å². The lowest BCUT2D eigenvalue weighted by Crippen LogP contribution is -2.39. The number of carbonyl (C=O) groups excluding carboxylic acids is 1. The van der Waals surface area contributed by atoms with Crippen molar-refractivity contribution in [1.29, 1.82) is 0 Å². The number of aryl methyl sites for hydroxylation is 2. The molecule has 0 spiro atoms. The van der Waals surface area contributed by atoms with Crippen molar-refractivity contribution >= 4 is 28.3 Å². The molecule has 1 aromatic carbocycles. The van der Waals surface area contributed by atoms with E-state index in [9.17, 15) is 14.4 Å². The monoisotopic (exact) mass is 372 g/mol. The van der Waals surface area contributed by atoms with Gasteiger partial charge in [-0.3, -0.25) is 14.4 Å². The Morgan fingerprint density at radius 1 is 0.926 bits per heavy atom. The van der Waals surface area contributed by atoms with Gasteiger partial charge in [0, 0.05) is 32.6 Å². The Labute approximate surface area is 158 Å². The molecule has 7 heteroatoms. The van der Waals surface area contributed by atoms with E-state index in [0.717, 1.165) is 31.6 Å². The van der Waals surface area contributed by atoms with E-state index in [1.165, 1.54) is 15.6 Å². The molecule has 0 radical (unpaired) electrons. The van der Waals surface area contributed by atoms with Crippen LogP contribution in [0, 0.1) is 5.41 Å². The van der Waals surface area contributed by atoms with Crippen molar-refractivity contribution in [2.75, 3.05) is 23.3 Å². The number of benzene rings is 1. The highest BCUT2D eigenvalue weighted by Gasteiger charge is 2.25. The average Bonchev–Trinajstić information content (AvgIpc) is 2.64. The fraction of sp³-hybridized carbons (Fsp3) is 0.550. The van der Waals surface area contributed by atoms with Gasteiger partial charge < -0.3 is 19.4 Å². The van der Waals surface area contributed by atoms with Crippen molar-refractivity contribution in [2.45, 2.75) is 40.0 Å². The van der Waals surface area contributed by atoms with Gasteiger partial charge in [-0.1, -0.05) is 20.8 Å². The van der Waals surface area contributed by atoms with Crippen LogP contribution < -0.4 is 21.3 Å². The first-order chi connectivity index (χ1) is 12.6. The number of carbonyl (C=O) groups is 1. The Kier molecular flexibility index (Phi) is 4.88. The molecule has 0 atom stereocenters. The molecule has 1 aliphatic rings. The summed E-state index contributed by atoms with van der Waals surface area (Å²) in [6, 6.07) is 3.73. The second-order valence-corrected chi connectivity index (χ2v) is 8.34. The van der Waals surface area contributed by atoms with Crippen molar-refractivity contribution < 1.29 is 4.79 Å². The summed E-state index contributed by atoms with van der Waals surface area (Å²) in [5, 5.41) is 3.04. The fourth-order valence-electron chi connectivity index (χ4n) is 3.42. The van der Waals surface area contributed by atoms with E-state index < -0.39 is 16.5 Å². The zero-order valence-corrected chi connectivity index (χ0v) is 16.8. The third-order valence-electron chi connectivity index (χ3n) is 5.23. The molecule has 0 unspecified atom stereocenters. The molecule has 0 bridgehead atoms. The van der Waals surface area contributed by atoms with E-state index in [2.05, 4.69) is 10.2 Å². The highest BCUT2D eigenvalue weighted by atomic mass is 16.2. The number of hydrogen-bond donors (Lipinski definition) is 1. The summed E-state index contributed by atoms with van der Waals surface area (Å²) >= 11 is 0. The third kappa shape index (κ3) is 3.50. The van der Waals surface area contributed by atoms with Crippen molar-refractivity contribution in [3.8, 4) is 0 Å². The van der Waals surface area contributed by atoms with Crippen LogP contribution in [0.3, 0.4) is 0 Å². The van der Waals surface area contributed by atoms with Crippen molar-refractivity contribution in [3.63, 3.8) is 0 Å². The molecule has 1 aliphatic heterocycles. The number of aromatic nitrogens is 2. The minimum absolute atomic E-state index is 0.0880. The van der Waals surface area contributed by atoms with Gasteiger partial charge in [0.25, 0.3) is 0 Å². The molecule has 1 amide bonds. The van der Waals surface area contributed by atoms with Crippen LogP contribution in [0.25, 0.3) is 11.0 Å². The minimum atomic E-state index is -0.580. The molecule has 2 aromatic rings. The lowest BCUT2D eigenvalue weighted by Gasteiger charge is -2.32. The lowest BCUT2D eigenvalue weighted by molar-refractivity contribution is -0.123. The molecular formula is C20H28N4O3. The number of nitrogens with zero attached hydrogens (tertiary/aromatic N) is 3. The molecule has 1 fully saturated rings. The van der Waals surface area contributed by atoms with E-state index in [0.29, 0.717) is 16.7 Å². The minimum Gasteiger partial charge on any atom is -0.370 e. The van der Waals surface area contributed by atoms with Gasteiger partial charge in [0.15, 0.2) is 0 Å². The Hall–Kier alpha value is -2.57. The number of nitrogens with one attached hydrogen (secondary N) is 1. The summed E-state index contributed by atoms with van der Waals surface area (Å²) in [6.45, 7) is 7.41. The summed E-state index contributed by atoms with van der Waals surface area (Å²) in [5.74, 6) is -0.0880. The molecule has 146 valence electrons. The molecule has 0 aliphatic carbocycles. The SMILES string of the molecule is Cn1c(=O)c(=O)n(C)c2cc(N3CCCCC3)c(NC(=O)C(C)(C)C)cc21. The van der Waals surface area contributed by atoms with E-state index >= 15 is 0 Å². The molecule has 0 saturated carbocycles. The largest absolute Gasteiger partial charge is 0.370 e. The van der Waals surface area contributed by atoms with Crippen molar-refractivity contribution in [1.82, 2.24) is 9.13 Å². The van der Waals surface area contributed by atoms with Crippen LogP contribution in [-0.4, -0.2) is 28.1 Å². The van der Waals surface area contributed by atoms with Gasteiger partial charge in [0.1, 0.15) is 0 Å².